The molecule has 3 heteroatoms. The van der Waals surface area contributed by atoms with Gasteiger partial charge in [0.25, 0.3) is 0 Å². The van der Waals surface area contributed by atoms with Crippen molar-refractivity contribution in [3.05, 3.63) is 29.7 Å². The van der Waals surface area contributed by atoms with Crippen LogP contribution in [0.2, 0.25) is 0 Å². The van der Waals surface area contributed by atoms with Crippen LogP contribution in [0.25, 0.3) is 10.9 Å². The van der Waals surface area contributed by atoms with Crippen LogP contribution < -0.4 is 0 Å². The Balaban J connectivity index is 2.86. The van der Waals surface area contributed by atoms with E-state index >= 15 is 0 Å². The summed E-state index contributed by atoms with van der Waals surface area (Å²) >= 11 is 0. The van der Waals surface area contributed by atoms with Crippen molar-refractivity contribution in [3.63, 3.8) is 0 Å². The summed E-state index contributed by atoms with van der Waals surface area (Å²) in [6.45, 7) is 1.74. The molecule has 0 saturated heterocycles. The van der Waals surface area contributed by atoms with Crippen LogP contribution in [-0.2, 0) is 0 Å². The van der Waals surface area contributed by atoms with Gasteiger partial charge in [-0.1, -0.05) is 0 Å². The van der Waals surface area contributed by atoms with Crippen molar-refractivity contribution in [2.24, 2.45) is 0 Å². The highest BCUT2D eigenvalue weighted by molar-refractivity contribution is 5.78. The molecule has 0 aliphatic heterocycles. The number of nitrogens with zero attached hydrogens (tertiary/aromatic N) is 1. The molecule has 0 aliphatic rings. The predicted octanol–water partition coefficient (Wildman–Crippen LogP) is 2.01. The first kappa shape index (κ1) is 6.34. The van der Waals surface area contributed by atoms with E-state index < -0.39 is 0 Å². The molecule has 0 spiro atoms. The number of fused-ring (bicyclic) bond motifs is 1. The Kier molecular flexibility index (Phi) is 1.18. The predicted molar refractivity (Wildman–Crippen MR) is 40.8 cm³/mol. The fourth-order valence-electron chi connectivity index (χ4n) is 1.08. The van der Waals surface area contributed by atoms with E-state index in [1.54, 1.807) is 19.2 Å². The number of aromatic nitrogens is 2. The second kappa shape index (κ2) is 2.05. The monoisotopic (exact) mass is 150 g/mol. The van der Waals surface area contributed by atoms with Gasteiger partial charge in [-0.05, 0) is 24.6 Å². The largest absolute Gasteiger partial charge is 0.278 e. The molecule has 2 rings (SSSR count). The molecular formula is C8H7FN2. The molecule has 2 nitrogen and oxygen atoms in total. The fraction of sp³-hybridized carbons (Fsp3) is 0.125. The van der Waals surface area contributed by atoms with Gasteiger partial charge in [0, 0.05) is 5.39 Å². The summed E-state index contributed by atoms with van der Waals surface area (Å²) < 4.78 is 12.9. The average molecular weight is 150 g/mol. The minimum atomic E-state index is -0.193. The van der Waals surface area contributed by atoms with Crippen LogP contribution in [0, 0.1) is 12.7 Å². The lowest BCUT2D eigenvalue weighted by molar-refractivity contribution is 0.620. The standard InChI is InChI=1S/C8H7FN2/c1-5-2-6-4-10-11-8(6)3-7(5)9/h2-4H,1H3,(H,10,11). The zero-order valence-corrected chi connectivity index (χ0v) is 6.06. The summed E-state index contributed by atoms with van der Waals surface area (Å²) in [7, 11) is 0. The van der Waals surface area contributed by atoms with E-state index in [1.165, 1.54) is 6.07 Å². The molecule has 1 N–H and O–H groups in total. The molecule has 1 aromatic heterocycles. The number of nitrogens with one attached hydrogen (secondary N) is 1. The van der Waals surface area contributed by atoms with Crippen LogP contribution >= 0.6 is 0 Å². The van der Waals surface area contributed by atoms with Crippen LogP contribution in [0.1, 0.15) is 5.56 Å². The van der Waals surface area contributed by atoms with E-state index in [4.69, 9.17) is 0 Å². The Bertz CT molecular complexity index is 356. The number of aryl methyl sites for hydroxylation is 1. The Morgan fingerprint density at radius 1 is 1.45 bits per heavy atom. The quantitative estimate of drug-likeness (QED) is 0.611. The number of rotatable bonds is 0. The van der Waals surface area contributed by atoms with Gasteiger partial charge in [0.15, 0.2) is 0 Å². The number of hydrogen-bond acceptors (Lipinski definition) is 1. The van der Waals surface area contributed by atoms with Crippen molar-refractivity contribution in [1.29, 1.82) is 0 Å². The average Bonchev–Trinajstić information content (AvgIpc) is 2.36. The third-order valence-corrected chi connectivity index (χ3v) is 1.72. The van der Waals surface area contributed by atoms with Gasteiger partial charge in [-0.3, -0.25) is 5.10 Å². The van der Waals surface area contributed by atoms with E-state index in [0.717, 1.165) is 10.9 Å². The number of halogens is 1. The summed E-state index contributed by atoms with van der Waals surface area (Å²) in [6, 6.07) is 3.23. The van der Waals surface area contributed by atoms with Gasteiger partial charge in [0.2, 0.25) is 0 Å². The van der Waals surface area contributed by atoms with E-state index in [0.29, 0.717) is 5.56 Å². The summed E-state index contributed by atoms with van der Waals surface area (Å²) in [5, 5.41) is 7.44. The molecule has 0 radical (unpaired) electrons. The van der Waals surface area contributed by atoms with E-state index in [1.807, 2.05) is 0 Å². The molecule has 1 heterocycles. The minimum absolute atomic E-state index is 0.193. The third kappa shape index (κ3) is 0.888. The van der Waals surface area contributed by atoms with Crippen molar-refractivity contribution in [2.75, 3.05) is 0 Å². The molecule has 0 amide bonds. The van der Waals surface area contributed by atoms with Crippen molar-refractivity contribution < 1.29 is 4.39 Å². The van der Waals surface area contributed by atoms with Crippen LogP contribution in [0.4, 0.5) is 4.39 Å². The number of hydrogen-bond donors (Lipinski definition) is 1. The molecule has 0 aliphatic carbocycles. The van der Waals surface area contributed by atoms with Crippen LogP contribution in [0.5, 0.6) is 0 Å². The van der Waals surface area contributed by atoms with E-state index in [9.17, 15) is 4.39 Å². The Morgan fingerprint density at radius 2 is 2.27 bits per heavy atom. The lowest BCUT2D eigenvalue weighted by atomic mass is 10.2. The topological polar surface area (TPSA) is 28.7 Å². The zero-order valence-electron chi connectivity index (χ0n) is 6.06. The molecule has 1 aromatic carbocycles. The maximum Gasteiger partial charge on any atom is 0.128 e. The van der Waals surface area contributed by atoms with Gasteiger partial charge < -0.3 is 0 Å². The summed E-state index contributed by atoms with van der Waals surface area (Å²) in [4.78, 5) is 0. The second-order valence-corrected chi connectivity index (χ2v) is 2.56. The highest BCUT2D eigenvalue weighted by Crippen LogP contribution is 2.15. The van der Waals surface area contributed by atoms with Gasteiger partial charge in [0.05, 0.1) is 11.7 Å². The minimum Gasteiger partial charge on any atom is -0.278 e. The first-order valence-corrected chi connectivity index (χ1v) is 3.36. The number of aromatic amines is 1. The van der Waals surface area contributed by atoms with Gasteiger partial charge in [-0.2, -0.15) is 5.10 Å². The Morgan fingerprint density at radius 3 is 3.09 bits per heavy atom. The smallest absolute Gasteiger partial charge is 0.128 e. The molecule has 11 heavy (non-hydrogen) atoms. The van der Waals surface area contributed by atoms with Crippen LogP contribution in [-0.4, -0.2) is 10.2 Å². The van der Waals surface area contributed by atoms with Crippen LogP contribution in [0.15, 0.2) is 18.3 Å². The van der Waals surface area contributed by atoms with Crippen molar-refractivity contribution in [2.45, 2.75) is 6.92 Å². The van der Waals surface area contributed by atoms with Gasteiger partial charge in [-0.25, -0.2) is 4.39 Å². The fourth-order valence-corrected chi connectivity index (χ4v) is 1.08. The Hall–Kier alpha value is -1.38. The van der Waals surface area contributed by atoms with Crippen molar-refractivity contribution in [3.8, 4) is 0 Å². The zero-order chi connectivity index (χ0) is 7.84. The molecule has 56 valence electrons. The van der Waals surface area contributed by atoms with E-state index in [2.05, 4.69) is 10.2 Å². The lowest BCUT2D eigenvalue weighted by Gasteiger charge is -1.93. The molecule has 0 saturated carbocycles. The van der Waals surface area contributed by atoms with E-state index in [-0.39, 0.29) is 5.82 Å². The normalized spacial score (nSPS) is 10.7. The molecule has 0 unspecified atom stereocenters. The SMILES string of the molecule is Cc1cc2cn[nH]c2cc1F. The van der Waals surface area contributed by atoms with Crippen LogP contribution in [0.3, 0.4) is 0 Å². The summed E-state index contributed by atoms with van der Waals surface area (Å²) in [6.07, 6.45) is 1.68. The molecule has 0 atom stereocenters. The maximum absolute atomic E-state index is 12.9. The Labute approximate surface area is 63.0 Å². The van der Waals surface area contributed by atoms with Gasteiger partial charge in [0.1, 0.15) is 5.82 Å². The lowest BCUT2D eigenvalue weighted by Crippen LogP contribution is -1.80. The van der Waals surface area contributed by atoms with Gasteiger partial charge in [-0.15, -0.1) is 0 Å². The first-order valence-electron chi connectivity index (χ1n) is 3.36. The molecule has 2 aromatic rings. The summed E-state index contributed by atoms with van der Waals surface area (Å²) in [5.41, 5.74) is 1.40. The van der Waals surface area contributed by atoms with Crippen molar-refractivity contribution >= 4 is 10.9 Å². The molecule has 0 fully saturated rings. The number of benzene rings is 1. The first-order chi connectivity index (χ1) is 5.27. The summed E-state index contributed by atoms with van der Waals surface area (Å²) in [5.74, 6) is -0.193. The highest BCUT2D eigenvalue weighted by Gasteiger charge is 2.00. The highest BCUT2D eigenvalue weighted by atomic mass is 19.1. The van der Waals surface area contributed by atoms with Crippen molar-refractivity contribution in [1.82, 2.24) is 10.2 Å². The van der Waals surface area contributed by atoms with Gasteiger partial charge >= 0.3 is 0 Å². The second-order valence-electron chi connectivity index (χ2n) is 2.56. The number of H-pyrrole nitrogens is 1. The molecular weight excluding hydrogens is 143 g/mol. The maximum atomic E-state index is 12.9. The molecule has 0 bridgehead atoms. The third-order valence-electron chi connectivity index (χ3n) is 1.72.